The number of tetrazole rings is 1. The van der Waals surface area contributed by atoms with Gasteiger partial charge in [-0.05, 0) is 48.2 Å². The number of aryl methyl sites for hydroxylation is 2. The van der Waals surface area contributed by atoms with E-state index in [0.29, 0.717) is 5.56 Å². The largest absolute Gasteiger partial charge is 0.858 e. The molecule has 0 aliphatic carbocycles. The highest BCUT2D eigenvalue weighted by atomic mass is 16.3. The molecule has 0 atom stereocenters. The van der Waals surface area contributed by atoms with Gasteiger partial charge < -0.3 is 5.11 Å². The molecule has 0 unspecified atom stereocenters. The van der Waals surface area contributed by atoms with Crippen LogP contribution >= 0.6 is 0 Å². The molecule has 2 aromatic carbocycles. The third-order valence-corrected chi connectivity index (χ3v) is 4.14. The highest BCUT2D eigenvalue weighted by Crippen LogP contribution is 2.27. The lowest BCUT2D eigenvalue weighted by atomic mass is 9.99. The van der Waals surface area contributed by atoms with Gasteiger partial charge in [-0.25, -0.2) is 9.98 Å². The van der Waals surface area contributed by atoms with Crippen LogP contribution in [0.2, 0.25) is 0 Å². The molecule has 0 amide bonds. The molecule has 7 heteroatoms. The fraction of sp³-hybridized carbons (Fsp3) is 0.105. The molecule has 0 saturated carbocycles. The second-order valence-electron chi connectivity index (χ2n) is 6.02. The summed E-state index contributed by atoms with van der Waals surface area (Å²) in [5.74, 6) is -0.431. The molecule has 0 aliphatic heterocycles. The van der Waals surface area contributed by atoms with Gasteiger partial charge in [-0.15, -0.1) is 5.10 Å². The van der Waals surface area contributed by atoms with E-state index in [1.165, 1.54) is 5.56 Å². The summed E-state index contributed by atoms with van der Waals surface area (Å²) in [6, 6.07) is 15.4. The second kappa shape index (κ2) is 6.36. The first-order chi connectivity index (χ1) is 12.6. The maximum absolute atomic E-state index is 12.7. The number of hydrogen-bond acceptors (Lipinski definition) is 6. The van der Waals surface area contributed by atoms with Crippen LogP contribution in [0.1, 0.15) is 16.7 Å². The van der Waals surface area contributed by atoms with Crippen LogP contribution in [0.5, 0.6) is 0 Å². The van der Waals surface area contributed by atoms with E-state index in [2.05, 4.69) is 31.7 Å². The zero-order valence-corrected chi connectivity index (χ0v) is 14.3. The molecule has 0 spiro atoms. The third kappa shape index (κ3) is 2.90. The fourth-order valence-electron chi connectivity index (χ4n) is 2.95. The summed E-state index contributed by atoms with van der Waals surface area (Å²) in [7, 11) is 0. The van der Waals surface area contributed by atoms with Crippen molar-refractivity contribution < 1.29 is 5.11 Å². The minimum Gasteiger partial charge on any atom is -0.858 e. The maximum Gasteiger partial charge on any atom is 0.288 e. The number of aromatic amines is 1. The quantitative estimate of drug-likeness (QED) is 0.455. The second-order valence-corrected chi connectivity index (χ2v) is 6.02. The van der Waals surface area contributed by atoms with Crippen molar-refractivity contribution in [3.05, 3.63) is 65.2 Å². The van der Waals surface area contributed by atoms with E-state index < -0.39 is 5.90 Å². The van der Waals surface area contributed by atoms with Crippen LogP contribution in [-0.4, -0.2) is 31.5 Å². The standard InChI is InChI=1S/C19H16N6O/c1-11-7-8-13(12(2)9-11)17-10-15(14-5-3-4-6-16(14)20-17)18(26)21-19-22-24-25-23-19/h3-10H,1-2H3,(H2,21,22,23,24,25,26)/p-1. The van der Waals surface area contributed by atoms with Gasteiger partial charge in [0.1, 0.15) is 0 Å². The number of fused-ring (bicyclic) bond motifs is 1. The number of hydrogen-bond donors (Lipinski definition) is 1. The number of pyridine rings is 1. The highest BCUT2D eigenvalue weighted by Gasteiger charge is 2.10. The van der Waals surface area contributed by atoms with E-state index in [-0.39, 0.29) is 5.95 Å². The van der Waals surface area contributed by atoms with Crippen LogP contribution < -0.4 is 5.11 Å². The molecule has 4 rings (SSSR count). The predicted molar refractivity (Wildman–Crippen MR) is 97.0 cm³/mol. The van der Waals surface area contributed by atoms with Crippen LogP contribution in [0.25, 0.3) is 22.2 Å². The third-order valence-electron chi connectivity index (χ3n) is 4.14. The summed E-state index contributed by atoms with van der Waals surface area (Å²) in [5, 5.41) is 26.6. The average Bonchev–Trinajstić information content (AvgIpc) is 3.13. The maximum atomic E-state index is 12.7. The zero-order valence-electron chi connectivity index (χ0n) is 14.3. The molecule has 7 nitrogen and oxygen atoms in total. The predicted octanol–water partition coefficient (Wildman–Crippen LogP) is 2.47. The summed E-state index contributed by atoms with van der Waals surface area (Å²) in [6.45, 7) is 4.08. The number of para-hydroxylation sites is 1. The molecule has 0 radical (unpaired) electrons. The number of aliphatic imine (C=N–C) groups is 1. The molecular weight excluding hydrogens is 328 g/mol. The zero-order chi connectivity index (χ0) is 18.1. The highest BCUT2D eigenvalue weighted by molar-refractivity contribution is 6.05. The van der Waals surface area contributed by atoms with Crippen molar-refractivity contribution in [2.75, 3.05) is 0 Å². The number of benzene rings is 2. The lowest BCUT2D eigenvalue weighted by Crippen LogP contribution is -2.19. The lowest BCUT2D eigenvalue weighted by Gasteiger charge is -2.15. The molecule has 0 saturated heterocycles. The van der Waals surface area contributed by atoms with E-state index >= 15 is 0 Å². The SMILES string of the molecule is Cc1ccc(-c2cc(C([O-])=Nc3nn[nH]n3)c3ccccc3n2)c(C)c1. The van der Waals surface area contributed by atoms with Crippen molar-refractivity contribution in [1.82, 2.24) is 25.6 Å². The Balaban J connectivity index is 1.94. The van der Waals surface area contributed by atoms with Gasteiger partial charge in [0, 0.05) is 10.9 Å². The number of H-pyrrole nitrogens is 1. The van der Waals surface area contributed by atoms with Crippen molar-refractivity contribution >= 4 is 22.7 Å². The molecule has 2 aromatic heterocycles. The summed E-state index contributed by atoms with van der Waals surface area (Å²) >= 11 is 0. The number of nitrogens with one attached hydrogen (secondary N) is 1. The van der Waals surface area contributed by atoms with Gasteiger partial charge in [0.2, 0.25) is 0 Å². The summed E-state index contributed by atoms with van der Waals surface area (Å²) in [4.78, 5) is 8.66. The Bertz CT molecular complexity index is 1120. The topological polar surface area (TPSA) is 103 Å². The summed E-state index contributed by atoms with van der Waals surface area (Å²) in [5.41, 5.74) is 5.17. The Labute approximate surface area is 149 Å². The molecule has 4 aromatic rings. The molecule has 26 heavy (non-hydrogen) atoms. The number of rotatable bonds is 3. The van der Waals surface area contributed by atoms with Crippen LogP contribution in [0.4, 0.5) is 5.95 Å². The van der Waals surface area contributed by atoms with E-state index in [1.807, 2.05) is 50.2 Å². The minimum absolute atomic E-state index is 0.00367. The van der Waals surface area contributed by atoms with Crippen LogP contribution in [0.15, 0.2) is 53.5 Å². The van der Waals surface area contributed by atoms with Crippen molar-refractivity contribution in [2.45, 2.75) is 13.8 Å². The molecule has 0 aliphatic rings. The Morgan fingerprint density at radius 3 is 2.69 bits per heavy atom. The number of aromatic nitrogens is 5. The lowest BCUT2D eigenvalue weighted by molar-refractivity contribution is -0.212. The van der Waals surface area contributed by atoms with Gasteiger partial charge in [0.15, 0.2) is 0 Å². The normalized spacial score (nSPS) is 11.8. The van der Waals surface area contributed by atoms with E-state index in [9.17, 15) is 5.11 Å². The molecule has 1 N–H and O–H groups in total. The van der Waals surface area contributed by atoms with Gasteiger partial charge in [-0.1, -0.05) is 47.1 Å². The Hall–Kier alpha value is -3.61. The van der Waals surface area contributed by atoms with Crippen molar-refractivity contribution in [2.24, 2.45) is 4.99 Å². The fourth-order valence-corrected chi connectivity index (χ4v) is 2.95. The molecule has 128 valence electrons. The Morgan fingerprint density at radius 2 is 1.92 bits per heavy atom. The molecule has 2 heterocycles. The first-order valence-electron chi connectivity index (χ1n) is 8.09. The average molecular weight is 343 g/mol. The van der Waals surface area contributed by atoms with Gasteiger partial charge in [0.25, 0.3) is 5.95 Å². The Kier molecular flexibility index (Phi) is 3.89. The smallest absolute Gasteiger partial charge is 0.288 e. The van der Waals surface area contributed by atoms with E-state index in [4.69, 9.17) is 4.98 Å². The van der Waals surface area contributed by atoms with Gasteiger partial charge in [0.05, 0.1) is 11.2 Å². The van der Waals surface area contributed by atoms with Gasteiger partial charge >= 0.3 is 0 Å². The van der Waals surface area contributed by atoms with Gasteiger partial charge in [-0.2, -0.15) is 5.21 Å². The van der Waals surface area contributed by atoms with Crippen molar-refractivity contribution in [3.63, 3.8) is 0 Å². The number of nitrogens with zero attached hydrogens (tertiary/aromatic N) is 5. The van der Waals surface area contributed by atoms with E-state index in [1.54, 1.807) is 6.07 Å². The van der Waals surface area contributed by atoms with E-state index in [0.717, 1.165) is 27.7 Å². The van der Waals surface area contributed by atoms with Crippen LogP contribution in [0, 0.1) is 13.8 Å². The van der Waals surface area contributed by atoms with Crippen molar-refractivity contribution in [3.8, 4) is 11.3 Å². The monoisotopic (exact) mass is 343 g/mol. The first-order valence-corrected chi connectivity index (χ1v) is 8.09. The molecule has 0 fully saturated rings. The minimum atomic E-state index is -0.434. The summed E-state index contributed by atoms with van der Waals surface area (Å²) < 4.78 is 0. The van der Waals surface area contributed by atoms with Crippen LogP contribution in [0.3, 0.4) is 0 Å². The summed E-state index contributed by atoms with van der Waals surface area (Å²) in [6.07, 6.45) is 0. The first kappa shape index (κ1) is 15.9. The van der Waals surface area contributed by atoms with Gasteiger partial charge in [-0.3, -0.25) is 0 Å². The van der Waals surface area contributed by atoms with Crippen molar-refractivity contribution in [1.29, 1.82) is 0 Å². The van der Waals surface area contributed by atoms with Crippen LogP contribution in [-0.2, 0) is 0 Å². The molecular formula is C19H15N6O-. The molecule has 0 bridgehead atoms. The Morgan fingerprint density at radius 1 is 1.08 bits per heavy atom.